The Morgan fingerprint density at radius 3 is 2.79 bits per heavy atom. The Morgan fingerprint density at radius 2 is 2.36 bits per heavy atom. The van der Waals surface area contributed by atoms with E-state index in [9.17, 15) is 9.59 Å². The highest BCUT2D eigenvalue weighted by molar-refractivity contribution is 5.75. The monoisotopic (exact) mass is 196 g/mol. The molecule has 5 heteroatoms. The summed E-state index contributed by atoms with van der Waals surface area (Å²) in [4.78, 5) is 21.6. The van der Waals surface area contributed by atoms with Gasteiger partial charge in [-0.15, -0.1) is 0 Å². The number of aldehydes is 1. The molecule has 0 aliphatic carbocycles. The fourth-order valence-electron chi connectivity index (χ4n) is 1.23. The van der Waals surface area contributed by atoms with Gasteiger partial charge in [-0.2, -0.15) is 5.10 Å². The Bertz CT molecular complexity index is 357. The molecule has 5 nitrogen and oxygen atoms in total. The summed E-state index contributed by atoms with van der Waals surface area (Å²) in [6.45, 7) is 3.44. The van der Waals surface area contributed by atoms with Gasteiger partial charge < -0.3 is 4.74 Å². The van der Waals surface area contributed by atoms with Crippen LogP contribution in [0.25, 0.3) is 0 Å². The molecule has 1 rings (SSSR count). The normalized spacial score (nSPS) is 12.2. The fourth-order valence-corrected chi connectivity index (χ4v) is 1.23. The average Bonchev–Trinajstić information content (AvgIpc) is 2.57. The van der Waals surface area contributed by atoms with E-state index in [4.69, 9.17) is 0 Å². The summed E-state index contributed by atoms with van der Waals surface area (Å²) in [6, 6.07) is 1.11. The lowest BCUT2D eigenvalue weighted by atomic mass is 10.3. The summed E-state index contributed by atoms with van der Waals surface area (Å²) in [7, 11) is 1.32. The zero-order chi connectivity index (χ0) is 10.7. The maximum atomic E-state index is 11.2. The van der Waals surface area contributed by atoms with E-state index in [0.29, 0.717) is 12.0 Å². The second kappa shape index (κ2) is 4.04. The highest BCUT2D eigenvalue weighted by Gasteiger charge is 2.18. The number of ether oxygens (including phenoxy) is 1. The number of hydrogen-bond acceptors (Lipinski definition) is 4. The highest BCUT2D eigenvalue weighted by Crippen LogP contribution is 2.11. The van der Waals surface area contributed by atoms with Crippen LogP contribution in [0.5, 0.6) is 0 Å². The van der Waals surface area contributed by atoms with Crippen LogP contribution in [0.3, 0.4) is 0 Å². The molecule has 0 aliphatic heterocycles. The number of esters is 1. The van der Waals surface area contributed by atoms with Crippen LogP contribution in [0.2, 0.25) is 0 Å². The Kier molecular flexibility index (Phi) is 3.01. The summed E-state index contributed by atoms with van der Waals surface area (Å²) >= 11 is 0. The molecule has 1 aromatic heterocycles. The van der Waals surface area contributed by atoms with Crippen LogP contribution < -0.4 is 0 Å². The minimum atomic E-state index is -0.506. The van der Waals surface area contributed by atoms with E-state index in [1.165, 1.54) is 11.8 Å². The lowest BCUT2D eigenvalue weighted by Gasteiger charge is -2.10. The first-order chi connectivity index (χ1) is 6.60. The fraction of sp³-hybridized carbons (Fsp3) is 0.444. The molecular weight excluding hydrogens is 184 g/mol. The molecule has 0 aliphatic rings. The molecule has 0 amide bonds. The van der Waals surface area contributed by atoms with Gasteiger partial charge in [0.05, 0.1) is 7.11 Å². The number of aromatic nitrogens is 2. The van der Waals surface area contributed by atoms with Crippen LogP contribution >= 0.6 is 0 Å². The molecule has 76 valence electrons. The van der Waals surface area contributed by atoms with E-state index in [1.54, 1.807) is 19.9 Å². The molecule has 1 atom stereocenters. The van der Waals surface area contributed by atoms with Gasteiger partial charge >= 0.3 is 5.97 Å². The van der Waals surface area contributed by atoms with E-state index in [1.807, 2.05) is 0 Å². The van der Waals surface area contributed by atoms with Crippen LogP contribution in [0.15, 0.2) is 6.07 Å². The minimum Gasteiger partial charge on any atom is -0.467 e. The molecule has 0 radical (unpaired) electrons. The lowest BCUT2D eigenvalue weighted by Crippen LogP contribution is -2.20. The third kappa shape index (κ3) is 1.81. The van der Waals surface area contributed by atoms with Crippen molar-refractivity contribution in [2.75, 3.05) is 7.11 Å². The Morgan fingerprint density at radius 1 is 1.71 bits per heavy atom. The van der Waals surface area contributed by atoms with Gasteiger partial charge in [-0.3, -0.25) is 9.48 Å². The van der Waals surface area contributed by atoms with Gasteiger partial charge in [0.25, 0.3) is 0 Å². The molecule has 14 heavy (non-hydrogen) atoms. The van der Waals surface area contributed by atoms with E-state index in [-0.39, 0.29) is 5.97 Å². The van der Waals surface area contributed by atoms with Crippen LogP contribution in [0.4, 0.5) is 0 Å². The van der Waals surface area contributed by atoms with E-state index >= 15 is 0 Å². The van der Waals surface area contributed by atoms with Gasteiger partial charge in [0.1, 0.15) is 11.7 Å². The molecule has 0 aromatic carbocycles. The number of hydrogen-bond donors (Lipinski definition) is 0. The molecule has 0 saturated heterocycles. The third-order valence-corrected chi connectivity index (χ3v) is 1.97. The molecule has 0 N–H and O–H groups in total. The van der Waals surface area contributed by atoms with Crippen molar-refractivity contribution in [1.29, 1.82) is 0 Å². The predicted molar refractivity (Wildman–Crippen MR) is 49.1 cm³/mol. The number of aryl methyl sites for hydroxylation is 1. The smallest absolute Gasteiger partial charge is 0.330 e. The van der Waals surface area contributed by atoms with Crippen molar-refractivity contribution in [3.63, 3.8) is 0 Å². The standard InChI is InChI=1S/C9H12N2O3/c1-6-4-8(5-12)10-11(6)7(2)9(13)14-3/h4-5,7H,1-3H3. The molecule has 0 fully saturated rings. The highest BCUT2D eigenvalue weighted by atomic mass is 16.5. The average molecular weight is 196 g/mol. The minimum absolute atomic E-state index is 0.318. The molecular formula is C9H12N2O3. The Labute approximate surface area is 81.7 Å². The SMILES string of the molecule is COC(=O)C(C)n1nc(C=O)cc1C. The maximum absolute atomic E-state index is 11.2. The van der Waals surface area contributed by atoms with Gasteiger partial charge in [-0.05, 0) is 19.9 Å². The molecule has 0 bridgehead atoms. The summed E-state index contributed by atoms with van der Waals surface area (Å²) in [5.74, 6) is -0.381. The summed E-state index contributed by atoms with van der Waals surface area (Å²) < 4.78 is 6.04. The van der Waals surface area contributed by atoms with Crippen LogP contribution in [-0.4, -0.2) is 29.1 Å². The van der Waals surface area contributed by atoms with Gasteiger partial charge in [0, 0.05) is 5.69 Å². The van der Waals surface area contributed by atoms with E-state index in [0.717, 1.165) is 5.69 Å². The van der Waals surface area contributed by atoms with Crippen LogP contribution in [-0.2, 0) is 9.53 Å². The van der Waals surface area contributed by atoms with Crippen LogP contribution in [0, 0.1) is 6.92 Å². The van der Waals surface area contributed by atoms with Gasteiger partial charge in [0.15, 0.2) is 6.29 Å². The number of carbonyl (C=O) groups excluding carboxylic acids is 2. The van der Waals surface area contributed by atoms with Gasteiger partial charge in [0.2, 0.25) is 0 Å². The van der Waals surface area contributed by atoms with Gasteiger partial charge in [-0.25, -0.2) is 4.79 Å². The lowest BCUT2D eigenvalue weighted by molar-refractivity contribution is -0.144. The van der Waals surface area contributed by atoms with Crippen molar-refractivity contribution in [1.82, 2.24) is 9.78 Å². The van der Waals surface area contributed by atoms with Crippen molar-refractivity contribution in [2.45, 2.75) is 19.9 Å². The van der Waals surface area contributed by atoms with Crippen LogP contribution in [0.1, 0.15) is 29.1 Å². The second-order valence-electron chi connectivity index (χ2n) is 2.97. The summed E-state index contributed by atoms with van der Waals surface area (Å²) in [6.07, 6.45) is 0.646. The first kappa shape index (κ1) is 10.4. The van der Waals surface area contributed by atoms with Crippen molar-refractivity contribution in [2.24, 2.45) is 0 Å². The largest absolute Gasteiger partial charge is 0.467 e. The molecule has 1 heterocycles. The molecule has 0 spiro atoms. The van der Waals surface area contributed by atoms with Crippen molar-refractivity contribution < 1.29 is 14.3 Å². The number of methoxy groups -OCH3 is 1. The number of carbonyl (C=O) groups is 2. The van der Waals surface area contributed by atoms with Crippen molar-refractivity contribution in [3.8, 4) is 0 Å². The van der Waals surface area contributed by atoms with Crippen molar-refractivity contribution in [3.05, 3.63) is 17.5 Å². The molecule has 0 saturated carbocycles. The topological polar surface area (TPSA) is 61.2 Å². The van der Waals surface area contributed by atoms with Gasteiger partial charge in [-0.1, -0.05) is 0 Å². The molecule has 1 unspecified atom stereocenters. The predicted octanol–water partition coefficient (Wildman–Crippen LogP) is 0.738. The molecule has 1 aromatic rings. The Hall–Kier alpha value is -1.65. The number of rotatable bonds is 3. The summed E-state index contributed by atoms with van der Waals surface area (Å²) in [5, 5.41) is 3.94. The third-order valence-electron chi connectivity index (χ3n) is 1.97. The quantitative estimate of drug-likeness (QED) is 0.528. The summed E-state index contributed by atoms with van der Waals surface area (Å²) in [5.41, 5.74) is 1.07. The second-order valence-corrected chi connectivity index (χ2v) is 2.97. The van der Waals surface area contributed by atoms with E-state index < -0.39 is 6.04 Å². The van der Waals surface area contributed by atoms with Crippen molar-refractivity contribution >= 4 is 12.3 Å². The zero-order valence-electron chi connectivity index (χ0n) is 8.35. The zero-order valence-corrected chi connectivity index (χ0v) is 8.35. The first-order valence-electron chi connectivity index (χ1n) is 4.19. The number of nitrogens with zero attached hydrogens (tertiary/aromatic N) is 2. The maximum Gasteiger partial charge on any atom is 0.330 e. The first-order valence-corrected chi connectivity index (χ1v) is 4.19. The Balaban J connectivity index is 2.99. The van der Waals surface area contributed by atoms with E-state index in [2.05, 4.69) is 9.84 Å².